The molecule has 0 aromatic heterocycles. The summed E-state index contributed by atoms with van der Waals surface area (Å²) >= 11 is 5.81. The lowest BCUT2D eigenvalue weighted by Gasteiger charge is -2.17. The van der Waals surface area contributed by atoms with Crippen molar-refractivity contribution in [1.82, 2.24) is 5.32 Å². The van der Waals surface area contributed by atoms with Crippen LogP contribution >= 0.6 is 11.6 Å². The minimum Gasteiger partial charge on any atom is -0.346 e. The van der Waals surface area contributed by atoms with Crippen LogP contribution in [-0.2, 0) is 10.0 Å². The van der Waals surface area contributed by atoms with Crippen LogP contribution in [0.1, 0.15) is 40.0 Å². The van der Waals surface area contributed by atoms with Crippen molar-refractivity contribution in [2.24, 2.45) is 0 Å². The van der Waals surface area contributed by atoms with E-state index in [4.69, 9.17) is 11.6 Å². The predicted molar refractivity (Wildman–Crippen MR) is 120 cm³/mol. The molecule has 7 heteroatoms. The molecule has 0 unspecified atom stereocenters. The molecule has 0 heterocycles. The maximum absolute atomic E-state index is 12.6. The summed E-state index contributed by atoms with van der Waals surface area (Å²) in [7, 11) is -3.74. The number of sulfonamides is 1. The second-order valence-corrected chi connectivity index (χ2v) is 9.31. The van der Waals surface area contributed by atoms with Crippen molar-refractivity contribution < 1.29 is 13.2 Å². The van der Waals surface area contributed by atoms with Gasteiger partial charge in [-0.1, -0.05) is 35.4 Å². The van der Waals surface area contributed by atoms with Gasteiger partial charge in [-0.3, -0.25) is 9.52 Å². The molecule has 3 aromatic carbocycles. The molecule has 30 heavy (non-hydrogen) atoms. The Bertz CT molecular complexity index is 1160. The highest BCUT2D eigenvalue weighted by atomic mass is 35.5. The van der Waals surface area contributed by atoms with Crippen LogP contribution in [0.3, 0.4) is 0 Å². The normalized spacial score (nSPS) is 12.3. The third-order valence-corrected chi connectivity index (χ3v) is 6.41. The van der Waals surface area contributed by atoms with Crippen molar-refractivity contribution >= 4 is 33.2 Å². The molecule has 0 saturated carbocycles. The highest BCUT2D eigenvalue weighted by Gasteiger charge is 2.16. The van der Waals surface area contributed by atoms with E-state index in [1.807, 2.05) is 32.9 Å². The summed E-state index contributed by atoms with van der Waals surface area (Å²) in [5.74, 6) is -0.227. The zero-order valence-corrected chi connectivity index (χ0v) is 18.5. The van der Waals surface area contributed by atoms with Gasteiger partial charge in [-0.2, -0.15) is 0 Å². The first kappa shape index (κ1) is 21.9. The van der Waals surface area contributed by atoms with Gasteiger partial charge in [-0.05, 0) is 80.4 Å². The third kappa shape index (κ3) is 5.20. The molecular weight excluding hydrogens is 420 g/mol. The van der Waals surface area contributed by atoms with Crippen LogP contribution in [0.15, 0.2) is 71.6 Å². The van der Waals surface area contributed by atoms with E-state index >= 15 is 0 Å². The Hall–Kier alpha value is -2.83. The van der Waals surface area contributed by atoms with E-state index in [2.05, 4.69) is 16.1 Å². The Balaban J connectivity index is 1.69. The number of halogens is 1. The van der Waals surface area contributed by atoms with Gasteiger partial charge in [0.1, 0.15) is 0 Å². The summed E-state index contributed by atoms with van der Waals surface area (Å²) in [5, 5.41) is 3.44. The van der Waals surface area contributed by atoms with Gasteiger partial charge in [-0.25, -0.2) is 8.42 Å². The van der Waals surface area contributed by atoms with E-state index < -0.39 is 10.0 Å². The minimum atomic E-state index is -3.74. The number of carbonyl (C=O) groups is 1. The second-order valence-electron chi connectivity index (χ2n) is 7.19. The first-order valence-electron chi connectivity index (χ1n) is 9.42. The van der Waals surface area contributed by atoms with Crippen molar-refractivity contribution in [2.45, 2.75) is 31.7 Å². The largest absolute Gasteiger partial charge is 0.346 e. The number of rotatable bonds is 6. The van der Waals surface area contributed by atoms with Gasteiger partial charge >= 0.3 is 0 Å². The van der Waals surface area contributed by atoms with Crippen molar-refractivity contribution in [3.05, 3.63) is 94.0 Å². The zero-order chi connectivity index (χ0) is 21.9. The van der Waals surface area contributed by atoms with Crippen LogP contribution in [0.2, 0.25) is 5.02 Å². The molecule has 0 saturated heterocycles. The molecule has 0 fully saturated rings. The van der Waals surface area contributed by atoms with E-state index in [-0.39, 0.29) is 16.8 Å². The number of hydrogen-bond acceptors (Lipinski definition) is 3. The zero-order valence-electron chi connectivity index (χ0n) is 16.9. The first-order chi connectivity index (χ1) is 14.2. The van der Waals surface area contributed by atoms with Crippen LogP contribution < -0.4 is 10.0 Å². The fourth-order valence-electron chi connectivity index (χ4n) is 3.19. The number of benzene rings is 3. The quantitative estimate of drug-likeness (QED) is 0.547. The highest BCUT2D eigenvalue weighted by Crippen LogP contribution is 2.21. The highest BCUT2D eigenvalue weighted by molar-refractivity contribution is 7.92. The van der Waals surface area contributed by atoms with Gasteiger partial charge in [-0.15, -0.1) is 0 Å². The molecule has 2 N–H and O–H groups in total. The van der Waals surface area contributed by atoms with E-state index in [1.54, 1.807) is 24.3 Å². The van der Waals surface area contributed by atoms with Crippen molar-refractivity contribution in [3.8, 4) is 0 Å². The first-order valence-corrected chi connectivity index (χ1v) is 11.3. The van der Waals surface area contributed by atoms with Gasteiger partial charge in [0, 0.05) is 16.3 Å². The van der Waals surface area contributed by atoms with Crippen LogP contribution in [-0.4, -0.2) is 14.3 Å². The average Bonchev–Trinajstić information content (AvgIpc) is 2.68. The molecule has 156 valence electrons. The lowest BCUT2D eigenvalue weighted by atomic mass is 10.00. The van der Waals surface area contributed by atoms with Crippen LogP contribution in [0, 0.1) is 13.8 Å². The molecule has 0 spiro atoms. The SMILES string of the molecule is Cc1ccc([C@H](C)NC(=O)c2ccc(NS(=O)(=O)c3ccc(Cl)cc3)cc2)c(C)c1. The van der Waals surface area contributed by atoms with Crippen LogP contribution in [0.5, 0.6) is 0 Å². The number of aryl methyl sites for hydroxylation is 2. The van der Waals surface area contributed by atoms with Gasteiger partial charge < -0.3 is 5.32 Å². The predicted octanol–water partition coefficient (Wildman–Crippen LogP) is 5.25. The lowest BCUT2D eigenvalue weighted by molar-refractivity contribution is 0.0940. The van der Waals surface area contributed by atoms with Crippen molar-refractivity contribution in [3.63, 3.8) is 0 Å². The molecule has 0 bridgehead atoms. The molecule has 3 aromatic rings. The van der Waals surface area contributed by atoms with E-state index in [1.165, 1.54) is 29.8 Å². The van der Waals surface area contributed by atoms with E-state index in [0.29, 0.717) is 16.3 Å². The molecule has 3 rings (SSSR count). The fourth-order valence-corrected chi connectivity index (χ4v) is 4.37. The lowest BCUT2D eigenvalue weighted by Crippen LogP contribution is -2.27. The third-order valence-electron chi connectivity index (χ3n) is 4.76. The number of nitrogens with one attached hydrogen (secondary N) is 2. The van der Waals surface area contributed by atoms with Gasteiger partial charge in [0.2, 0.25) is 0 Å². The molecule has 0 aliphatic carbocycles. The van der Waals surface area contributed by atoms with E-state index in [9.17, 15) is 13.2 Å². The Morgan fingerprint density at radius 3 is 2.17 bits per heavy atom. The Labute approximate surface area is 182 Å². The summed E-state index contributed by atoms with van der Waals surface area (Å²) in [6, 6.07) is 18.2. The molecular formula is C23H23ClN2O3S. The standard InChI is InChI=1S/C23H23ClN2O3S/c1-15-4-13-22(16(2)14-15)17(3)25-23(27)18-5-9-20(10-6-18)26-30(28,29)21-11-7-19(24)8-12-21/h4-14,17,26H,1-3H3,(H,25,27)/t17-/m0/s1. The molecule has 1 atom stereocenters. The Morgan fingerprint density at radius 2 is 1.57 bits per heavy atom. The van der Waals surface area contributed by atoms with E-state index in [0.717, 1.165) is 11.1 Å². The van der Waals surface area contributed by atoms with Gasteiger partial charge in [0.25, 0.3) is 15.9 Å². The van der Waals surface area contributed by atoms with Gasteiger partial charge in [0.05, 0.1) is 10.9 Å². The smallest absolute Gasteiger partial charge is 0.261 e. The van der Waals surface area contributed by atoms with Crippen LogP contribution in [0.25, 0.3) is 0 Å². The molecule has 0 aliphatic rings. The summed E-state index contributed by atoms with van der Waals surface area (Å²) < 4.78 is 27.4. The molecule has 1 amide bonds. The monoisotopic (exact) mass is 442 g/mol. The minimum absolute atomic E-state index is 0.107. The average molecular weight is 443 g/mol. The Morgan fingerprint density at radius 1 is 0.933 bits per heavy atom. The Kier molecular flexibility index (Phi) is 6.48. The topological polar surface area (TPSA) is 75.3 Å². The number of anilines is 1. The number of hydrogen-bond donors (Lipinski definition) is 2. The maximum atomic E-state index is 12.6. The van der Waals surface area contributed by atoms with Crippen molar-refractivity contribution in [1.29, 1.82) is 0 Å². The summed E-state index contributed by atoms with van der Waals surface area (Å²) in [4.78, 5) is 12.7. The molecule has 0 aliphatic heterocycles. The van der Waals surface area contributed by atoms with Gasteiger partial charge in [0.15, 0.2) is 0 Å². The molecule has 0 radical (unpaired) electrons. The summed E-state index contributed by atoms with van der Waals surface area (Å²) in [6.07, 6.45) is 0. The van der Waals surface area contributed by atoms with Crippen LogP contribution in [0.4, 0.5) is 5.69 Å². The number of amides is 1. The number of carbonyl (C=O) groups excluding carboxylic acids is 1. The summed E-state index contributed by atoms with van der Waals surface area (Å²) in [5.41, 5.74) is 4.16. The summed E-state index contributed by atoms with van der Waals surface area (Å²) in [6.45, 7) is 5.99. The fraction of sp³-hybridized carbons (Fsp3) is 0.174. The second kappa shape index (κ2) is 8.90. The maximum Gasteiger partial charge on any atom is 0.261 e. The van der Waals surface area contributed by atoms with Crippen molar-refractivity contribution in [2.75, 3.05) is 4.72 Å². The molecule has 5 nitrogen and oxygen atoms in total.